The van der Waals surface area contributed by atoms with E-state index >= 15 is 0 Å². The first-order valence-corrected chi connectivity index (χ1v) is 12.7. The summed E-state index contributed by atoms with van der Waals surface area (Å²) < 4.78 is 14.7. The molecule has 1 N–H and O–H groups in total. The Labute approximate surface area is 213 Å². The van der Waals surface area contributed by atoms with E-state index < -0.39 is 5.60 Å². The summed E-state index contributed by atoms with van der Waals surface area (Å²) in [4.78, 5) is 7.90. The first kappa shape index (κ1) is 24.2. The third-order valence-electron chi connectivity index (χ3n) is 6.23. The molecule has 0 aliphatic carbocycles. The van der Waals surface area contributed by atoms with E-state index in [-0.39, 0.29) is 6.61 Å². The van der Waals surface area contributed by atoms with Crippen LogP contribution in [0.25, 0.3) is 16.6 Å². The van der Waals surface area contributed by atoms with Crippen LogP contribution in [0.2, 0.25) is 0 Å². The molecular weight excluding hydrogens is 478 g/mol. The Morgan fingerprint density at radius 3 is 2.69 bits per heavy atom. The average molecular weight is 508 g/mol. The van der Waals surface area contributed by atoms with Crippen LogP contribution in [0.5, 0.6) is 10.9 Å². The van der Waals surface area contributed by atoms with Gasteiger partial charge in [0.05, 0.1) is 48.4 Å². The van der Waals surface area contributed by atoms with Gasteiger partial charge in [-0.25, -0.2) is 9.50 Å². The Hall–Kier alpha value is -3.46. The van der Waals surface area contributed by atoms with Gasteiger partial charge in [-0.3, -0.25) is 9.58 Å². The van der Waals surface area contributed by atoms with Crippen molar-refractivity contribution < 1.29 is 14.6 Å². The van der Waals surface area contributed by atoms with Crippen LogP contribution in [0, 0.1) is 11.3 Å². The second kappa shape index (κ2) is 9.89. The largest absolute Gasteiger partial charge is 0.489 e. The summed E-state index contributed by atoms with van der Waals surface area (Å²) in [6.07, 6.45) is 11.0. The number of aliphatic hydroxyl groups is 1. The Kier molecular flexibility index (Phi) is 6.66. The highest BCUT2D eigenvalue weighted by Gasteiger charge is 2.23. The molecule has 0 aromatic carbocycles. The third kappa shape index (κ3) is 5.21. The summed E-state index contributed by atoms with van der Waals surface area (Å²) >= 11 is 1.59. The molecule has 36 heavy (non-hydrogen) atoms. The minimum atomic E-state index is -0.969. The molecule has 4 aromatic rings. The van der Waals surface area contributed by atoms with Gasteiger partial charge in [0.1, 0.15) is 18.4 Å². The standard InChI is InChI=1S/C25H29N7O3S/c1-25(2,33)16-35-20-8-22(23-17(9-26)10-29-32(23)14-20)18-11-28-31(13-18)19-4-6-30(7-5-19)15-21-12-27-24(34-3)36-21/h8,10-14,19,33H,4-7,15-16H2,1-3H3. The molecule has 0 spiro atoms. The lowest BCUT2D eigenvalue weighted by Crippen LogP contribution is -2.34. The molecule has 188 valence electrons. The minimum absolute atomic E-state index is 0.135. The molecule has 0 amide bonds. The number of pyridine rings is 1. The normalized spacial score (nSPS) is 15.3. The van der Waals surface area contributed by atoms with Crippen molar-refractivity contribution in [2.75, 3.05) is 26.8 Å². The number of aromatic nitrogens is 5. The molecule has 11 heteroatoms. The van der Waals surface area contributed by atoms with Gasteiger partial charge in [-0.15, -0.1) is 0 Å². The Morgan fingerprint density at radius 2 is 2.00 bits per heavy atom. The van der Waals surface area contributed by atoms with E-state index in [1.54, 1.807) is 49.2 Å². The first-order valence-electron chi connectivity index (χ1n) is 11.9. The van der Waals surface area contributed by atoms with Crippen LogP contribution < -0.4 is 9.47 Å². The Morgan fingerprint density at radius 1 is 1.19 bits per heavy atom. The van der Waals surface area contributed by atoms with Crippen LogP contribution in [0.1, 0.15) is 43.2 Å². The maximum atomic E-state index is 10.1. The van der Waals surface area contributed by atoms with E-state index in [1.807, 2.05) is 29.3 Å². The van der Waals surface area contributed by atoms with Gasteiger partial charge in [0.25, 0.3) is 5.19 Å². The van der Waals surface area contributed by atoms with Crippen molar-refractivity contribution in [1.82, 2.24) is 29.3 Å². The zero-order valence-electron chi connectivity index (χ0n) is 20.6. The second-order valence-corrected chi connectivity index (χ2v) is 10.7. The zero-order chi connectivity index (χ0) is 25.3. The molecule has 0 radical (unpaired) electrons. The van der Waals surface area contributed by atoms with Gasteiger partial charge in [-0.1, -0.05) is 11.3 Å². The van der Waals surface area contributed by atoms with E-state index in [0.717, 1.165) is 43.6 Å². The number of nitriles is 1. The fourth-order valence-corrected chi connectivity index (χ4v) is 5.20. The van der Waals surface area contributed by atoms with Crippen molar-refractivity contribution in [1.29, 1.82) is 5.26 Å². The quantitative estimate of drug-likeness (QED) is 0.385. The topological polar surface area (TPSA) is 114 Å². The number of nitrogens with zero attached hydrogens (tertiary/aromatic N) is 7. The van der Waals surface area contributed by atoms with E-state index in [9.17, 15) is 10.4 Å². The van der Waals surface area contributed by atoms with Gasteiger partial charge >= 0.3 is 0 Å². The summed E-state index contributed by atoms with van der Waals surface area (Å²) in [7, 11) is 1.64. The lowest BCUT2D eigenvalue weighted by molar-refractivity contribution is 0.0283. The average Bonchev–Trinajstić information content (AvgIpc) is 3.62. The molecule has 4 aromatic heterocycles. The fourth-order valence-electron chi connectivity index (χ4n) is 4.43. The Balaban J connectivity index is 1.33. The van der Waals surface area contributed by atoms with Crippen LogP contribution in [-0.2, 0) is 6.54 Å². The second-order valence-electron chi connectivity index (χ2n) is 9.67. The number of thiazole rings is 1. The van der Waals surface area contributed by atoms with Crippen molar-refractivity contribution in [2.24, 2.45) is 0 Å². The summed E-state index contributed by atoms with van der Waals surface area (Å²) in [6.45, 7) is 6.36. The number of fused-ring (bicyclic) bond motifs is 1. The van der Waals surface area contributed by atoms with Crippen LogP contribution >= 0.6 is 11.3 Å². The number of hydrogen-bond donors (Lipinski definition) is 1. The molecule has 10 nitrogen and oxygen atoms in total. The maximum Gasteiger partial charge on any atom is 0.273 e. The predicted molar refractivity (Wildman–Crippen MR) is 135 cm³/mol. The number of piperidine rings is 1. The molecule has 5 rings (SSSR count). The van der Waals surface area contributed by atoms with Crippen molar-refractivity contribution in [2.45, 2.75) is 44.9 Å². The summed E-state index contributed by atoms with van der Waals surface area (Å²) in [5.74, 6) is 0.563. The fraction of sp³-hybridized carbons (Fsp3) is 0.440. The number of rotatable bonds is 8. The van der Waals surface area contributed by atoms with Gasteiger partial charge in [0, 0.05) is 48.0 Å². The van der Waals surface area contributed by atoms with Gasteiger partial charge < -0.3 is 14.6 Å². The first-order chi connectivity index (χ1) is 17.3. The lowest BCUT2D eigenvalue weighted by Gasteiger charge is -2.31. The summed E-state index contributed by atoms with van der Waals surface area (Å²) in [5, 5.41) is 29.4. The maximum absolute atomic E-state index is 10.1. The molecule has 0 bridgehead atoms. The highest BCUT2D eigenvalue weighted by molar-refractivity contribution is 7.13. The monoisotopic (exact) mass is 507 g/mol. The number of hydrogen-bond acceptors (Lipinski definition) is 9. The Bertz CT molecular complexity index is 1390. The molecule has 0 unspecified atom stereocenters. The van der Waals surface area contributed by atoms with Crippen molar-refractivity contribution >= 4 is 16.9 Å². The zero-order valence-corrected chi connectivity index (χ0v) is 21.4. The molecule has 0 saturated carbocycles. The molecule has 1 aliphatic rings. The van der Waals surface area contributed by atoms with E-state index in [1.165, 1.54) is 4.88 Å². The van der Waals surface area contributed by atoms with E-state index in [0.29, 0.717) is 28.1 Å². The minimum Gasteiger partial charge on any atom is -0.489 e. The van der Waals surface area contributed by atoms with Crippen LogP contribution in [0.15, 0.2) is 37.1 Å². The lowest BCUT2D eigenvalue weighted by atomic mass is 10.0. The molecule has 5 heterocycles. The molecule has 0 atom stereocenters. The molecule has 1 aliphatic heterocycles. The number of likely N-dealkylation sites (tertiary alicyclic amines) is 1. The number of ether oxygens (including phenoxy) is 2. The highest BCUT2D eigenvalue weighted by Crippen LogP contribution is 2.33. The van der Waals surface area contributed by atoms with Crippen LogP contribution in [0.4, 0.5) is 0 Å². The van der Waals surface area contributed by atoms with Crippen molar-refractivity contribution in [3.8, 4) is 28.1 Å². The number of methoxy groups -OCH3 is 1. The SMILES string of the molecule is COc1ncc(CN2CCC(n3cc(-c4cc(OCC(C)(C)O)cn5ncc(C#N)c45)cn3)CC2)s1. The smallest absolute Gasteiger partial charge is 0.273 e. The van der Waals surface area contributed by atoms with Gasteiger partial charge in [0.15, 0.2) is 0 Å². The molecule has 1 saturated heterocycles. The van der Waals surface area contributed by atoms with Crippen molar-refractivity contribution in [3.63, 3.8) is 0 Å². The summed E-state index contributed by atoms with van der Waals surface area (Å²) in [5.41, 5.74) is 1.94. The summed E-state index contributed by atoms with van der Waals surface area (Å²) in [6, 6.07) is 4.42. The van der Waals surface area contributed by atoms with Gasteiger partial charge in [-0.2, -0.15) is 15.5 Å². The van der Waals surface area contributed by atoms with E-state index in [2.05, 4.69) is 26.2 Å². The van der Waals surface area contributed by atoms with Gasteiger partial charge in [0.2, 0.25) is 0 Å². The molecular formula is C25H29N7O3S. The highest BCUT2D eigenvalue weighted by atomic mass is 32.1. The molecule has 1 fully saturated rings. The van der Waals surface area contributed by atoms with Gasteiger partial charge in [-0.05, 0) is 32.8 Å². The van der Waals surface area contributed by atoms with Crippen LogP contribution in [0.3, 0.4) is 0 Å². The third-order valence-corrected chi connectivity index (χ3v) is 7.17. The van der Waals surface area contributed by atoms with E-state index in [4.69, 9.17) is 9.47 Å². The van der Waals surface area contributed by atoms with Crippen molar-refractivity contribution in [3.05, 3.63) is 47.5 Å². The van der Waals surface area contributed by atoms with Crippen LogP contribution in [-0.4, -0.2) is 66.8 Å². The predicted octanol–water partition coefficient (Wildman–Crippen LogP) is 3.52.